The Morgan fingerprint density at radius 2 is 1.59 bits per heavy atom. The zero-order valence-electron chi connectivity index (χ0n) is 12.3. The number of aliphatic hydroxyl groups is 2. The zero-order valence-corrected chi connectivity index (χ0v) is 12.3. The van der Waals surface area contributed by atoms with E-state index in [-0.39, 0.29) is 26.2 Å². The van der Waals surface area contributed by atoms with Gasteiger partial charge in [-0.3, -0.25) is 0 Å². The first-order chi connectivity index (χ1) is 10.3. The summed E-state index contributed by atoms with van der Waals surface area (Å²) in [7, 11) is 0. The summed E-state index contributed by atoms with van der Waals surface area (Å²) in [6.07, 6.45) is -4.08. The SMILES string of the molecule is NC(CO)(CO)CCc1ccc(OCCCC(F)(F)F)cc1. The number of rotatable bonds is 9. The third-order valence-electron chi connectivity index (χ3n) is 3.34. The molecule has 126 valence electrons. The number of benzene rings is 1. The smallest absolute Gasteiger partial charge is 0.389 e. The van der Waals surface area contributed by atoms with Crippen LogP contribution in [0.5, 0.6) is 5.75 Å². The van der Waals surface area contributed by atoms with Crippen molar-refractivity contribution < 1.29 is 28.1 Å². The van der Waals surface area contributed by atoms with Crippen LogP contribution in [0.3, 0.4) is 0 Å². The van der Waals surface area contributed by atoms with Gasteiger partial charge in [0.1, 0.15) is 5.75 Å². The van der Waals surface area contributed by atoms with E-state index in [1.54, 1.807) is 24.3 Å². The van der Waals surface area contributed by atoms with E-state index in [9.17, 15) is 13.2 Å². The fourth-order valence-corrected chi connectivity index (χ4v) is 1.82. The van der Waals surface area contributed by atoms with Crippen molar-refractivity contribution in [2.24, 2.45) is 5.73 Å². The minimum absolute atomic E-state index is 0.0137. The van der Waals surface area contributed by atoms with E-state index in [1.807, 2.05) is 0 Å². The Kier molecular flexibility index (Phi) is 7.12. The number of nitrogens with two attached hydrogens (primary N) is 1. The van der Waals surface area contributed by atoms with E-state index in [0.29, 0.717) is 18.6 Å². The molecule has 1 aromatic rings. The summed E-state index contributed by atoms with van der Waals surface area (Å²) in [6, 6.07) is 6.93. The predicted octanol–water partition coefficient (Wildman–Crippen LogP) is 2.02. The molecule has 0 amide bonds. The van der Waals surface area contributed by atoms with Gasteiger partial charge in [0.05, 0.1) is 25.4 Å². The Balaban J connectivity index is 2.37. The fourth-order valence-electron chi connectivity index (χ4n) is 1.82. The Morgan fingerprint density at radius 1 is 1.00 bits per heavy atom. The molecule has 4 N–H and O–H groups in total. The van der Waals surface area contributed by atoms with Crippen LogP contribution < -0.4 is 10.5 Å². The first kappa shape index (κ1) is 18.7. The molecule has 0 spiro atoms. The largest absolute Gasteiger partial charge is 0.494 e. The third kappa shape index (κ3) is 7.11. The van der Waals surface area contributed by atoms with Gasteiger partial charge in [-0.1, -0.05) is 12.1 Å². The van der Waals surface area contributed by atoms with Crippen LogP contribution in [-0.4, -0.2) is 41.7 Å². The maximum absolute atomic E-state index is 12.0. The van der Waals surface area contributed by atoms with Crippen LogP contribution in [0.4, 0.5) is 13.2 Å². The molecule has 0 aromatic heterocycles. The van der Waals surface area contributed by atoms with Gasteiger partial charge in [0, 0.05) is 6.42 Å². The monoisotopic (exact) mass is 321 g/mol. The second-order valence-electron chi connectivity index (χ2n) is 5.39. The molecule has 0 saturated heterocycles. The number of ether oxygens (including phenoxy) is 1. The topological polar surface area (TPSA) is 75.7 Å². The number of aliphatic hydroxyl groups excluding tert-OH is 2. The molecule has 0 unspecified atom stereocenters. The molecular formula is C15H22F3NO3. The van der Waals surface area contributed by atoms with Gasteiger partial charge in [-0.2, -0.15) is 13.2 Å². The van der Waals surface area contributed by atoms with Crippen LogP contribution >= 0.6 is 0 Å². The number of aryl methyl sites for hydroxylation is 1. The molecular weight excluding hydrogens is 299 g/mol. The number of halogens is 3. The second-order valence-corrected chi connectivity index (χ2v) is 5.39. The van der Waals surface area contributed by atoms with Crippen LogP contribution in [0.25, 0.3) is 0 Å². The molecule has 0 atom stereocenters. The lowest BCUT2D eigenvalue weighted by atomic mass is 9.94. The Morgan fingerprint density at radius 3 is 2.09 bits per heavy atom. The van der Waals surface area contributed by atoms with E-state index in [2.05, 4.69) is 0 Å². The quantitative estimate of drug-likeness (QED) is 0.608. The van der Waals surface area contributed by atoms with Gasteiger partial charge in [-0.05, 0) is 37.0 Å². The summed E-state index contributed by atoms with van der Waals surface area (Å²) in [5.74, 6) is 0.509. The van der Waals surface area contributed by atoms with Gasteiger partial charge in [-0.25, -0.2) is 0 Å². The highest BCUT2D eigenvalue weighted by Gasteiger charge is 2.26. The van der Waals surface area contributed by atoms with Crippen molar-refractivity contribution in [3.63, 3.8) is 0 Å². The van der Waals surface area contributed by atoms with Crippen molar-refractivity contribution in [2.45, 2.75) is 37.4 Å². The van der Waals surface area contributed by atoms with Gasteiger partial charge >= 0.3 is 6.18 Å². The van der Waals surface area contributed by atoms with Gasteiger partial charge in [-0.15, -0.1) is 0 Å². The lowest BCUT2D eigenvalue weighted by Crippen LogP contribution is -2.47. The molecule has 0 aliphatic rings. The maximum Gasteiger partial charge on any atom is 0.389 e. The normalized spacial score (nSPS) is 12.5. The molecule has 0 fully saturated rings. The minimum Gasteiger partial charge on any atom is -0.494 e. The molecule has 22 heavy (non-hydrogen) atoms. The van der Waals surface area contributed by atoms with Gasteiger partial charge in [0.25, 0.3) is 0 Å². The summed E-state index contributed by atoms with van der Waals surface area (Å²) in [5, 5.41) is 18.2. The average Bonchev–Trinajstić information content (AvgIpc) is 2.49. The van der Waals surface area contributed by atoms with Crippen molar-refractivity contribution in [1.29, 1.82) is 0 Å². The average molecular weight is 321 g/mol. The van der Waals surface area contributed by atoms with Crippen molar-refractivity contribution in [3.05, 3.63) is 29.8 Å². The first-order valence-electron chi connectivity index (χ1n) is 7.07. The van der Waals surface area contributed by atoms with Crippen molar-refractivity contribution in [3.8, 4) is 5.75 Å². The highest BCUT2D eigenvalue weighted by molar-refractivity contribution is 5.27. The molecule has 0 bridgehead atoms. The molecule has 0 saturated carbocycles. The van der Waals surface area contributed by atoms with Crippen molar-refractivity contribution in [2.75, 3.05) is 19.8 Å². The van der Waals surface area contributed by atoms with Crippen molar-refractivity contribution in [1.82, 2.24) is 0 Å². The van der Waals surface area contributed by atoms with Crippen molar-refractivity contribution >= 4 is 0 Å². The summed E-state index contributed by atoms with van der Waals surface area (Å²) in [4.78, 5) is 0. The maximum atomic E-state index is 12.0. The molecule has 0 aliphatic heterocycles. The lowest BCUT2D eigenvalue weighted by molar-refractivity contribution is -0.136. The standard InChI is InChI=1S/C15H22F3NO3/c16-15(17,18)7-1-9-22-13-4-2-12(3-5-13)6-8-14(19,10-20)11-21/h2-5,20-21H,1,6-11,19H2. The lowest BCUT2D eigenvalue weighted by Gasteiger charge is -2.24. The Hall–Kier alpha value is -1.31. The van der Waals surface area contributed by atoms with Gasteiger partial charge in [0.2, 0.25) is 0 Å². The fraction of sp³-hybridized carbons (Fsp3) is 0.600. The van der Waals surface area contributed by atoms with E-state index in [4.69, 9.17) is 20.7 Å². The van der Waals surface area contributed by atoms with E-state index in [1.165, 1.54) is 0 Å². The molecule has 0 heterocycles. The van der Waals surface area contributed by atoms with Crippen LogP contribution in [0, 0.1) is 0 Å². The van der Waals surface area contributed by atoms with Gasteiger partial charge < -0.3 is 20.7 Å². The van der Waals surface area contributed by atoms with E-state index in [0.717, 1.165) is 5.56 Å². The highest BCUT2D eigenvalue weighted by Crippen LogP contribution is 2.22. The molecule has 1 rings (SSSR count). The number of hydrogen-bond acceptors (Lipinski definition) is 4. The summed E-state index contributed by atoms with van der Waals surface area (Å²) < 4.78 is 41.2. The summed E-state index contributed by atoms with van der Waals surface area (Å²) >= 11 is 0. The second kappa shape index (κ2) is 8.36. The molecule has 1 aromatic carbocycles. The predicted molar refractivity (Wildman–Crippen MR) is 76.6 cm³/mol. The van der Waals surface area contributed by atoms with E-state index >= 15 is 0 Å². The Labute approximate surface area is 127 Å². The van der Waals surface area contributed by atoms with Crippen LogP contribution in [0.2, 0.25) is 0 Å². The molecule has 0 radical (unpaired) electrons. The van der Waals surface area contributed by atoms with Gasteiger partial charge in [0.15, 0.2) is 0 Å². The molecule has 0 aliphatic carbocycles. The molecule has 7 heteroatoms. The Bertz CT molecular complexity index is 431. The van der Waals surface area contributed by atoms with E-state index < -0.39 is 18.1 Å². The molecule has 4 nitrogen and oxygen atoms in total. The summed E-state index contributed by atoms with van der Waals surface area (Å²) in [6.45, 7) is -0.590. The zero-order chi connectivity index (χ0) is 16.6. The number of hydrogen-bond donors (Lipinski definition) is 3. The summed E-state index contributed by atoms with van der Waals surface area (Å²) in [5.41, 5.74) is 5.71. The third-order valence-corrected chi connectivity index (χ3v) is 3.34. The van der Waals surface area contributed by atoms with Crippen LogP contribution in [0.15, 0.2) is 24.3 Å². The number of alkyl halides is 3. The van der Waals surface area contributed by atoms with Crippen LogP contribution in [0.1, 0.15) is 24.8 Å². The minimum atomic E-state index is -4.15. The van der Waals surface area contributed by atoms with Crippen LogP contribution in [-0.2, 0) is 6.42 Å². The first-order valence-corrected chi connectivity index (χ1v) is 7.07. The highest BCUT2D eigenvalue weighted by atomic mass is 19.4.